The van der Waals surface area contributed by atoms with E-state index >= 15 is 0 Å². The third-order valence-electron chi connectivity index (χ3n) is 4.89. The Hall–Kier alpha value is -2.25. The van der Waals surface area contributed by atoms with Crippen molar-refractivity contribution < 1.29 is 17.9 Å². The lowest BCUT2D eigenvalue weighted by Crippen LogP contribution is -2.51. The molecule has 1 amide bonds. The Morgan fingerprint density at radius 2 is 1.96 bits per heavy atom. The average Bonchev–Trinajstić information content (AvgIpc) is 2.96. The molecule has 0 aliphatic carbocycles. The number of benzene rings is 2. The minimum Gasteiger partial charge on any atom is -0.495 e. The minimum atomic E-state index is -3.79. The Bertz CT molecular complexity index is 1010. The van der Waals surface area contributed by atoms with E-state index in [1.807, 2.05) is 31.2 Å². The summed E-state index contributed by atoms with van der Waals surface area (Å²) in [6.45, 7) is 3.53. The fourth-order valence-electron chi connectivity index (χ4n) is 3.71. The number of para-hydroxylation sites is 1. The number of nitrogens with zero attached hydrogens (tertiary/aromatic N) is 2. The lowest BCUT2D eigenvalue weighted by atomic mass is 10.1. The number of ether oxygens (including phenoxy) is 1. The summed E-state index contributed by atoms with van der Waals surface area (Å²) < 4.78 is 31.7. The highest BCUT2D eigenvalue weighted by atomic mass is 35.5. The van der Waals surface area contributed by atoms with Crippen LogP contribution >= 0.6 is 11.6 Å². The number of amides is 1. The summed E-state index contributed by atoms with van der Waals surface area (Å²) in [5.74, 6) is 0.0225. The average molecular weight is 423 g/mol. The number of sulfonamides is 1. The zero-order chi connectivity index (χ0) is 20.6. The molecule has 150 valence electrons. The summed E-state index contributed by atoms with van der Waals surface area (Å²) in [7, 11) is -2.35. The monoisotopic (exact) mass is 422 g/mol. The van der Waals surface area contributed by atoms with Gasteiger partial charge in [-0.05, 0) is 50.1 Å². The van der Waals surface area contributed by atoms with Crippen molar-refractivity contribution in [1.82, 2.24) is 0 Å². The molecule has 0 unspecified atom stereocenters. The minimum absolute atomic E-state index is 0.0602. The number of hydrogen-bond acceptors (Lipinski definition) is 4. The lowest BCUT2D eigenvalue weighted by molar-refractivity contribution is -0.119. The third kappa shape index (κ3) is 3.69. The first kappa shape index (κ1) is 20.5. The summed E-state index contributed by atoms with van der Waals surface area (Å²) in [6, 6.07) is 11.3. The first-order valence-corrected chi connectivity index (χ1v) is 11.1. The summed E-state index contributed by atoms with van der Waals surface area (Å²) in [5.41, 5.74) is 2.12. The van der Waals surface area contributed by atoms with Crippen molar-refractivity contribution in [3.05, 3.63) is 53.1 Å². The number of fused-ring (bicyclic) bond motifs is 1. The van der Waals surface area contributed by atoms with Gasteiger partial charge in [0.05, 0.1) is 19.1 Å². The smallest absolute Gasteiger partial charge is 0.250 e. The van der Waals surface area contributed by atoms with Crippen LogP contribution in [0.5, 0.6) is 5.75 Å². The molecule has 6 nitrogen and oxygen atoms in total. The van der Waals surface area contributed by atoms with Crippen LogP contribution in [0.3, 0.4) is 0 Å². The molecule has 28 heavy (non-hydrogen) atoms. The number of halogens is 1. The number of anilines is 2. The third-order valence-corrected chi connectivity index (χ3v) is 6.35. The Kier molecular flexibility index (Phi) is 5.59. The lowest BCUT2D eigenvalue weighted by Gasteiger charge is -2.33. The van der Waals surface area contributed by atoms with Gasteiger partial charge in [-0.3, -0.25) is 9.10 Å². The van der Waals surface area contributed by atoms with Gasteiger partial charge in [-0.2, -0.15) is 0 Å². The molecule has 0 bridgehead atoms. The number of methoxy groups -OCH3 is 1. The molecule has 1 heterocycles. The van der Waals surface area contributed by atoms with E-state index in [9.17, 15) is 13.2 Å². The van der Waals surface area contributed by atoms with Crippen molar-refractivity contribution in [2.24, 2.45) is 0 Å². The van der Waals surface area contributed by atoms with Crippen molar-refractivity contribution in [2.45, 2.75) is 32.4 Å². The maximum atomic E-state index is 13.4. The van der Waals surface area contributed by atoms with Crippen LogP contribution in [0.25, 0.3) is 0 Å². The van der Waals surface area contributed by atoms with E-state index in [1.165, 1.54) is 13.2 Å². The number of carbonyl (C=O) groups is 1. The molecule has 0 saturated heterocycles. The SMILES string of the molecule is COc1ccc(Cl)cc1N([C@@H](C)C(=O)N1c2ccccc2C[C@@H]1C)S(C)(=O)=O. The van der Waals surface area contributed by atoms with E-state index in [0.29, 0.717) is 10.8 Å². The molecule has 2 aromatic carbocycles. The van der Waals surface area contributed by atoms with E-state index < -0.39 is 16.1 Å². The summed E-state index contributed by atoms with van der Waals surface area (Å²) in [4.78, 5) is 15.1. The highest BCUT2D eigenvalue weighted by molar-refractivity contribution is 7.92. The molecular formula is C20H23ClN2O4S. The first-order valence-electron chi connectivity index (χ1n) is 8.89. The number of hydrogen-bond donors (Lipinski definition) is 0. The van der Waals surface area contributed by atoms with Crippen molar-refractivity contribution in [2.75, 3.05) is 22.6 Å². The van der Waals surface area contributed by atoms with Crippen LogP contribution < -0.4 is 13.9 Å². The molecule has 0 aromatic heterocycles. The summed E-state index contributed by atoms with van der Waals surface area (Å²) >= 11 is 6.10. The van der Waals surface area contributed by atoms with Crippen LogP contribution in [-0.4, -0.2) is 39.8 Å². The van der Waals surface area contributed by atoms with E-state index in [1.54, 1.807) is 24.0 Å². The van der Waals surface area contributed by atoms with E-state index in [-0.39, 0.29) is 17.6 Å². The van der Waals surface area contributed by atoms with E-state index in [0.717, 1.165) is 28.2 Å². The van der Waals surface area contributed by atoms with Crippen LogP contribution in [0, 0.1) is 0 Å². The Balaban J connectivity index is 2.06. The fourth-order valence-corrected chi connectivity index (χ4v) is 5.04. The zero-order valence-electron chi connectivity index (χ0n) is 16.2. The summed E-state index contributed by atoms with van der Waals surface area (Å²) in [6.07, 6.45) is 1.80. The van der Waals surface area contributed by atoms with Gasteiger partial charge in [-0.25, -0.2) is 8.42 Å². The summed E-state index contributed by atoms with van der Waals surface area (Å²) in [5, 5.41) is 0.351. The first-order chi connectivity index (χ1) is 13.1. The molecule has 0 spiro atoms. The molecule has 2 atom stereocenters. The second kappa shape index (κ2) is 7.64. The fraction of sp³-hybridized carbons (Fsp3) is 0.350. The van der Waals surface area contributed by atoms with Crippen LogP contribution in [-0.2, 0) is 21.2 Å². The second-order valence-electron chi connectivity index (χ2n) is 6.94. The largest absolute Gasteiger partial charge is 0.495 e. The standard InChI is InChI=1S/C20H23ClN2O4S/c1-13-11-15-7-5-6-8-17(15)22(13)20(24)14(2)23(28(4,25)26)18-12-16(21)9-10-19(18)27-3/h5-10,12-14H,11H2,1-4H3/t13-,14-/m0/s1. The van der Waals surface area contributed by atoms with Crippen LogP contribution in [0.4, 0.5) is 11.4 Å². The Morgan fingerprint density at radius 1 is 1.29 bits per heavy atom. The van der Waals surface area contributed by atoms with Crippen molar-refractivity contribution >= 4 is 38.9 Å². The molecule has 0 N–H and O–H groups in total. The number of carbonyl (C=O) groups excluding carboxylic acids is 1. The van der Waals surface area contributed by atoms with Crippen molar-refractivity contribution in [3.8, 4) is 5.75 Å². The normalized spacial score (nSPS) is 17.2. The molecule has 1 aliphatic heterocycles. The van der Waals surface area contributed by atoms with E-state index in [4.69, 9.17) is 16.3 Å². The molecule has 3 rings (SSSR count). The molecule has 0 fully saturated rings. The molecule has 1 aliphatic rings. The topological polar surface area (TPSA) is 66.9 Å². The van der Waals surface area contributed by atoms with Crippen LogP contribution in [0.1, 0.15) is 19.4 Å². The van der Waals surface area contributed by atoms with Gasteiger partial charge >= 0.3 is 0 Å². The predicted molar refractivity (Wildman–Crippen MR) is 112 cm³/mol. The van der Waals surface area contributed by atoms with Crippen LogP contribution in [0.2, 0.25) is 5.02 Å². The van der Waals surface area contributed by atoms with Crippen molar-refractivity contribution in [1.29, 1.82) is 0 Å². The van der Waals surface area contributed by atoms with Gasteiger partial charge < -0.3 is 9.64 Å². The highest BCUT2D eigenvalue weighted by Crippen LogP contribution is 2.37. The van der Waals surface area contributed by atoms with Gasteiger partial charge in [0.1, 0.15) is 11.8 Å². The van der Waals surface area contributed by atoms with Gasteiger partial charge in [-0.1, -0.05) is 29.8 Å². The van der Waals surface area contributed by atoms with Crippen LogP contribution in [0.15, 0.2) is 42.5 Å². The van der Waals surface area contributed by atoms with Gasteiger partial charge in [0, 0.05) is 16.8 Å². The quantitative estimate of drug-likeness (QED) is 0.739. The Labute approximate surface area is 170 Å². The van der Waals surface area contributed by atoms with Gasteiger partial charge in [0.25, 0.3) is 5.91 Å². The van der Waals surface area contributed by atoms with Crippen molar-refractivity contribution in [3.63, 3.8) is 0 Å². The number of rotatable bonds is 5. The maximum absolute atomic E-state index is 13.4. The van der Waals surface area contributed by atoms with E-state index in [2.05, 4.69) is 0 Å². The molecule has 0 radical (unpaired) electrons. The zero-order valence-corrected chi connectivity index (χ0v) is 17.8. The Morgan fingerprint density at radius 3 is 2.61 bits per heavy atom. The van der Waals surface area contributed by atoms with Gasteiger partial charge in [0.2, 0.25) is 10.0 Å². The second-order valence-corrected chi connectivity index (χ2v) is 9.24. The van der Waals surface area contributed by atoms with Gasteiger partial charge in [-0.15, -0.1) is 0 Å². The highest BCUT2D eigenvalue weighted by Gasteiger charge is 2.38. The van der Waals surface area contributed by atoms with Gasteiger partial charge in [0.15, 0.2) is 0 Å². The maximum Gasteiger partial charge on any atom is 0.250 e. The molecular weight excluding hydrogens is 400 g/mol. The predicted octanol–water partition coefficient (Wildman–Crippen LogP) is 3.48. The molecule has 2 aromatic rings. The molecule has 0 saturated carbocycles. The molecule has 8 heteroatoms.